The standard InChI is InChI=1S/C27H30ClF3N2O7S/c1-13-6-17(4-5-27(13,38)12-32-25(36)15-7-21(34)22(35)8-15)41(39,40)23-9-14(2-3-18(23)28)26(37)33-16-10-19(29)24(31)20(30)11-16/h2-3,9-11,13,15,17,21-22,34-35,38H,4-8,12H2,1H3,(H,32,36)(H,33,37)/t13?,15?,17?,21?,22?,27-/m0/s1. The normalized spacial score (nSPS) is 28.3. The van der Waals surface area contributed by atoms with Crippen LogP contribution in [0.5, 0.6) is 0 Å². The van der Waals surface area contributed by atoms with Crippen LogP contribution in [0.25, 0.3) is 0 Å². The van der Waals surface area contributed by atoms with Crippen molar-refractivity contribution in [1.29, 1.82) is 0 Å². The average molecular weight is 619 g/mol. The molecule has 4 rings (SSSR count). The van der Waals surface area contributed by atoms with Crippen LogP contribution in [-0.2, 0) is 14.6 Å². The van der Waals surface area contributed by atoms with Gasteiger partial charge >= 0.3 is 0 Å². The molecule has 2 fully saturated rings. The molecule has 0 saturated heterocycles. The van der Waals surface area contributed by atoms with Crippen molar-refractivity contribution in [3.05, 3.63) is 58.4 Å². The van der Waals surface area contributed by atoms with Crippen LogP contribution in [0, 0.1) is 29.3 Å². The van der Waals surface area contributed by atoms with Crippen LogP contribution in [0.3, 0.4) is 0 Å². The Balaban J connectivity index is 1.44. The van der Waals surface area contributed by atoms with Gasteiger partial charge in [-0.25, -0.2) is 21.6 Å². The molecule has 5 atom stereocenters. The summed E-state index contributed by atoms with van der Waals surface area (Å²) >= 11 is 6.20. The SMILES string of the molecule is CC1CC(S(=O)(=O)c2cc(C(=O)Nc3cc(F)c(F)c(F)c3)ccc2Cl)CC[C@]1(O)CNC(=O)C1CC(O)C(O)C1. The molecule has 2 saturated carbocycles. The number of amides is 2. The van der Waals surface area contributed by atoms with E-state index in [-0.39, 0.29) is 59.8 Å². The Morgan fingerprint density at radius 3 is 2.24 bits per heavy atom. The molecule has 2 aliphatic carbocycles. The van der Waals surface area contributed by atoms with Crippen molar-refractivity contribution < 1.29 is 46.5 Å². The Hall–Kier alpha value is -2.71. The molecule has 0 spiro atoms. The number of aliphatic hydroxyl groups excluding tert-OH is 2. The van der Waals surface area contributed by atoms with Gasteiger partial charge in [0.1, 0.15) is 0 Å². The number of benzene rings is 2. The van der Waals surface area contributed by atoms with Crippen LogP contribution in [0.2, 0.25) is 5.02 Å². The number of hydrogen-bond donors (Lipinski definition) is 5. The van der Waals surface area contributed by atoms with E-state index in [0.29, 0.717) is 12.1 Å². The van der Waals surface area contributed by atoms with E-state index in [9.17, 15) is 46.5 Å². The van der Waals surface area contributed by atoms with Gasteiger partial charge in [-0.2, -0.15) is 0 Å². The van der Waals surface area contributed by atoms with Crippen molar-refractivity contribution in [1.82, 2.24) is 5.32 Å². The third-order valence-electron chi connectivity index (χ3n) is 8.05. The van der Waals surface area contributed by atoms with Gasteiger partial charge in [0, 0.05) is 35.8 Å². The summed E-state index contributed by atoms with van der Waals surface area (Å²) in [4.78, 5) is 24.8. The summed E-state index contributed by atoms with van der Waals surface area (Å²) in [6.07, 6.45) is -1.67. The lowest BCUT2D eigenvalue weighted by molar-refractivity contribution is -0.127. The molecule has 0 heterocycles. The van der Waals surface area contributed by atoms with Gasteiger partial charge in [0.2, 0.25) is 5.91 Å². The lowest BCUT2D eigenvalue weighted by Crippen LogP contribution is -2.52. The molecule has 0 bridgehead atoms. The zero-order chi connectivity index (χ0) is 30.3. The molecule has 0 aliphatic heterocycles. The molecule has 5 N–H and O–H groups in total. The maximum atomic E-state index is 13.6. The smallest absolute Gasteiger partial charge is 0.255 e. The number of sulfone groups is 1. The molecule has 9 nitrogen and oxygen atoms in total. The van der Waals surface area contributed by atoms with Gasteiger partial charge in [0.25, 0.3) is 5.91 Å². The van der Waals surface area contributed by atoms with Gasteiger partial charge in [-0.3, -0.25) is 9.59 Å². The summed E-state index contributed by atoms with van der Waals surface area (Å²) < 4.78 is 67.4. The Morgan fingerprint density at radius 1 is 1.05 bits per heavy atom. The van der Waals surface area contributed by atoms with Crippen molar-refractivity contribution in [2.24, 2.45) is 11.8 Å². The van der Waals surface area contributed by atoms with Gasteiger partial charge in [-0.05, 0) is 56.2 Å². The molecule has 224 valence electrons. The van der Waals surface area contributed by atoms with Gasteiger partial charge in [-0.15, -0.1) is 0 Å². The number of rotatable bonds is 7. The van der Waals surface area contributed by atoms with E-state index in [4.69, 9.17) is 11.6 Å². The van der Waals surface area contributed by atoms with E-state index >= 15 is 0 Å². The highest BCUT2D eigenvalue weighted by atomic mass is 35.5. The molecule has 41 heavy (non-hydrogen) atoms. The minimum Gasteiger partial charge on any atom is -0.390 e. The van der Waals surface area contributed by atoms with Gasteiger partial charge in [-0.1, -0.05) is 18.5 Å². The predicted octanol–water partition coefficient (Wildman–Crippen LogP) is 2.95. The first kappa shape index (κ1) is 31.2. The zero-order valence-corrected chi connectivity index (χ0v) is 23.5. The van der Waals surface area contributed by atoms with Crippen molar-refractivity contribution in [3.63, 3.8) is 0 Å². The quantitative estimate of drug-likeness (QED) is 0.299. The largest absolute Gasteiger partial charge is 0.390 e. The molecule has 4 unspecified atom stereocenters. The maximum Gasteiger partial charge on any atom is 0.255 e. The number of carbonyl (C=O) groups excluding carboxylic acids is 2. The first-order valence-corrected chi connectivity index (χ1v) is 14.9. The van der Waals surface area contributed by atoms with E-state index in [2.05, 4.69) is 10.6 Å². The van der Waals surface area contributed by atoms with E-state index in [1.165, 1.54) is 12.1 Å². The number of nitrogens with one attached hydrogen (secondary N) is 2. The van der Waals surface area contributed by atoms with Crippen LogP contribution < -0.4 is 10.6 Å². The first-order valence-electron chi connectivity index (χ1n) is 13.0. The molecule has 2 amide bonds. The van der Waals surface area contributed by atoms with Crippen molar-refractivity contribution in [3.8, 4) is 0 Å². The van der Waals surface area contributed by atoms with Gasteiger partial charge < -0.3 is 26.0 Å². The summed E-state index contributed by atoms with van der Waals surface area (Å²) in [5.74, 6) is -7.21. The highest BCUT2D eigenvalue weighted by Crippen LogP contribution is 2.40. The summed E-state index contributed by atoms with van der Waals surface area (Å²) in [5, 5.41) is 34.3. The molecule has 0 aromatic heterocycles. The summed E-state index contributed by atoms with van der Waals surface area (Å²) in [6, 6.07) is 4.62. The monoisotopic (exact) mass is 618 g/mol. The number of carbonyl (C=O) groups is 2. The van der Waals surface area contributed by atoms with Crippen LogP contribution >= 0.6 is 11.6 Å². The maximum absolute atomic E-state index is 13.6. The molecule has 2 aromatic rings. The summed E-state index contributed by atoms with van der Waals surface area (Å²) in [7, 11) is -4.12. The molecule has 0 radical (unpaired) electrons. The number of hydrogen-bond acceptors (Lipinski definition) is 7. The molecule has 2 aliphatic rings. The Kier molecular flexibility index (Phi) is 9.05. The topological polar surface area (TPSA) is 153 Å². The van der Waals surface area contributed by atoms with Crippen LogP contribution in [0.15, 0.2) is 35.2 Å². The van der Waals surface area contributed by atoms with Crippen LogP contribution in [0.4, 0.5) is 18.9 Å². The third kappa shape index (κ3) is 6.54. The Morgan fingerprint density at radius 2 is 1.66 bits per heavy atom. The number of anilines is 1. The fourth-order valence-corrected chi connectivity index (χ4v) is 7.80. The lowest BCUT2D eigenvalue weighted by atomic mass is 9.76. The third-order valence-corrected chi connectivity index (χ3v) is 10.7. The van der Waals surface area contributed by atoms with Crippen molar-refractivity contribution in [2.75, 3.05) is 11.9 Å². The number of halogens is 4. The van der Waals surface area contributed by atoms with Crippen LogP contribution in [-0.4, -0.2) is 65.2 Å². The molecule has 14 heteroatoms. The van der Waals surface area contributed by atoms with E-state index in [1.54, 1.807) is 6.92 Å². The molecular weight excluding hydrogens is 589 g/mol. The van der Waals surface area contributed by atoms with E-state index in [0.717, 1.165) is 6.07 Å². The van der Waals surface area contributed by atoms with Gasteiger partial charge in [0.05, 0.1) is 33.0 Å². The molecule has 2 aromatic carbocycles. The lowest BCUT2D eigenvalue weighted by Gasteiger charge is -2.41. The van der Waals surface area contributed by atoms with Gasteiger partial charge in [0.15, 0.2) is 27.3 Å². The summed E-state index contributed by atoms with van der Waals surface area (Å²) in [6.45, 7) is 1.52. The second kappa shape index (κ2) is 11.9. The predicted molar refractivity (Wildman–Crippen MR) is 142 cm³/mol. The zero-order valence-electron chi connectivity index (χ0n) is 21.9. The minimum atomic E-state index is -4.12. The second-order valence-electron chi connectivity index (χ2n) is 10.8. The van der Waals surface area contributed by atoms with Crippen molar-refractivity contribution in [2.45, 2.75) is 67.0 Å². The summed E-state index contributed by atoms with van der Waals surface area (Å²) in [5.41, 5.74) is -1.95. The first-order chi connectivity index (χ1) is 19.1. The average Bonchev–Trinajstić information content (AvgIpc) is 3.25. The fourth-order valence-electron chi connectivity index (χ4n) is 5.40. The fraction of sp³-hybridized carbons (Fsp3) is 0.481. The Bertz CT molecular complexity index is 1430. The second-order valence-corrected chi connectivity index (χ2v) is 13.4. The van der Waals surface area contributed by atoms with E-state index in [1.807, 2.05) is 0 Å². The number of aliphatic hydroxyl groups is 3. The highest BCUT2D eigenvalue weighted by molar-refractivity contribution is 7.92. The van der Waals surface area contributed by atoms with Crippen molar-refractivity contribution >= 4 is 38.9 Å². The highest BCUT2D eigenvalue weighted by Gasteiger charge is 2.45. The van der Waals surface area contributed by atoms with E-state index < -0.39 is 74.0 Å². The molecular formula is C27H30ClF3N2O7S. The van der Waals surface area contributed by atoms with Crippen LogP contribution in [0.1, 0.15) is 49.4 Å². The Labute approximate surface area is 239 Å². The minimum absolute atomic E-state index is 0.0243.